The van der Waals surface area contributed by atoms with E-state index in [0.717, 1.165) is 20.1 Å². The Bertz CT molecular complexity index is 1210. The molecule has 0 atom stereocenters. The Kier molecular flexibility index (Phi) is 6.01. The third-order valence-electron chi connectivity index (χ3n) is 4.21. The predicted molar refractivity (Wildman–Crippen MR) is 120 cm³/mol. The van der Waals surface area contributed by atoms with Gasteiger partial charge in [0, 0.05) is 11.3 Å². The van der Waals surface area contributed by atoms with Crippen LogP contribution in [0.5, 0.6) is 0 Å². The zero-order chi connectivity index (χ0) is 20.9. The number of amides is 2. The lowest BCUT2D eigenvalue weighted by atomic mass is 10.1. The second kappa shape index (κ2) is 9.02. The minimum absolute atomic E-state index is 0.140. The van der Waals surface area contributed by atoms with Gasteiger partial charge >= 0.3 is 0 Å². The summed E-state index contributed by atoms with van der Waals surface area (Å²) in [4.78, 5) is 29.2. The van der Waals surface area contributed by atoms with Crippen LogP contribution in [0.4, 0.5) is 11.4 Å². The monoisotopic (exact) mass is 435 g/mol. The Labute approximate surface area is 181 Å². The smallest absolute Gasteiger partial charge is 0.255 e. The van der Waals surface area contributed by atoms with Gasteiger partial charge in [0.1, 0.15) is 0 Å². The molecule has 2 aromatic carbocycles. The molecule has 0 aliphatic carbocycles. The van der Waals surface area contributed by atoms with E-state index >= 15 is 0 Å². The highest BCUT2D eigenvalue weighted by atomic mass is 32.2. The number of carbonyl (C=O) groups excluding carboxylic acids is 2. The summed E-state index contributed by atoms with van der Waals surface area (Å²) in [6.45, 7) is 1.91. The molecule has 2 amide bonds. The van der Waals surface area contributed by atoms with Gasteiger partial charge in [0.25, 0.3) is 5.91 Å². The first kappa shape index (κ1) is 20.0. The fourth-order valence-electron chi connectivity index (χ4n) is 2.76. The highest BCUT2D eigenvalue weighted by molar-refractivity contribution is 8.01. The van der Waals surface area contributed by atoms with Crippen molar-refractivity contribution in [2.75, 3.05) is 16.4 Å². The van der Waals surface area contributed by atoms with E-state index in [0.29, 0.717) is 16.9 Å². The van der Waals surface area contributed by atoms with E-state index in [1.54, 1.807) is 12.1 Å². The zero-order valence-electron chi connectivity index (χ0n) is 16.0. The number of rotatable bonds is 6. The Morgan fingerprint density at radius 2 is 1.90 bits per heavy atom. The highest BCUT2D eigenvalue weighted by Gasteiger charge is 2.11. The van der Waals surface area contributed by atoms with Gasteiger partial charge in [-0.1, -0.05) is 30.0 Å². The largest absolute Gasteiger partial charge is 0.324 e. The van der Waals surface area contributed by atoms with E-state index in [-0.39, 0.29) is 17.6 Å². The van der Waals surface area contributed by atoms with Crippen molar-refractivity contribution in [3.05, 3.63) is 72.1 Å². The molecule has 7 nitrogen and oxygen atoms in total. The molecule has 0 unspecified atom stereocenters. The lowest BCUT2D eigenvalue weighted by molar-refractivity contribution is -0.113. The van der Waals surface area contributed by atoms with Crippen molar-refractivity contribution in [1.82, 2.24) is 15.2 Å². The lowest BCUT2D eigenvalue weighted by Gasteiger charge is -2.07. The van der Waals surface area contributed by atoms with Crippen LogP contribution in [0.3, 0.4) is 0 Å². The fraction of sp³-hybridized carbons (Fsp3) is 0.0952. The first-order chi connectivity index (χ1) is 14.6. The number of fused-ring (bicyclic) bond motifs is 1. The molecule has 150 valence electrons. The predicted octanol–water partition coefficient (Wildman–Crippen LogP) is 4.38. The number of benzene rings is 2. The molecule has 0 radical (unpaired) electrons. The average Bonchev–Trinajstić information content (AvgIpc) is 3.15. The number of nitrogens with zero attached hydrogens (tertiary/aromatic N) is 3. The van der Waals surface area contributed by atoms with Crippen LogP contribution in [0.1, 0.15) is 15.9 Å². The SMILES string of the molecule is Cc1ccccc1C(=O)Nc1ccc2nc(SCC(=O)Nc3ccnnc3)sc2c1. The first-order valence-electron chi connectivity index (χ1n) is 9.05. The zero-order valence-corrected chi connectivity index (χ0v) is 17.6. The molecular formula is C21H17N5O2S2. The van der Waals surface area contributed by atoms with Gasteiger partial charge in [-0.15, -0.1) is 11.3 Å². The molecule has 0 saturated carbocycles. The van der Waals surface area contributed by atoms with Crippen molar-refractivity contribution in [2.45, 2.75) is 11.3 Å². The van der Waals surface area contributed by atoms with Crippen LogP contribution in [0, 0.1) is 6.92 Å². The van der Waals surface area contributed by atoms with Gasteiger partial charge in [-0.2, -0.15) is 10.2 Å². The standard InChI is InChI=1S/C21H17N5O2S2/c1-13-4-2-3-5-16(13)20(28)25-14-6-7-17-18(10-14)30-21(26-17)29-12-19(27)24-15-8-9-22-23-11-15/h2-11H,12H2,1H3,(H,25,28)(H,22,24,27). The van der Waals surface area contributed by atoms with Crippen molar-refractivity contribution in [3.8, 4) is 0 Å². The second-order valence-electron chi connectivity index (χ2n) is 6.40. The molecule has 2 heterocycles. The number of aryl methyl sites for hydroxylation is 1. The summed E-state index contributed by atoms with van der Waals surface area (Å²) in [6, 6.07) is 14.7. The molecule has 4 rings (SSSR count). The number of thiazole rings is 1. The molecular weight excluding hydrogens is 418 g/mol. The van der Waals surface area contributed by atoms with Gasteiger partial charge in [-0.3, -0.25) is 9.59 Å². The Balaban J connectivity index is 1.40. The van der Waals surface area contributed by atoms with Crippen LogP contribution in [-0.4, -0.2) is 32.7 Å². The highest BCUT2D eigenvalue weighted by Crippen LogP contribution is 2.31. The molecule has 9 heteroatoms. The molecule has 0 aliphatic heterocycles. The van der Waals surface area contributed by atoms with Gasteiger partial charge in [-0.25, -0.2) is 4.98 Å². The van der Waals surface area contributed by atoms with Crippen LogP contribution in [0.15, 0.2) is 65.3 Å². The molecule has 4 aromatic rings. The van der Waals surface area contributed by atoms with Gasteiger partial charge < -0.3 is 10.6 Å². The van der Waals surface area contributed by atoms with Gasteiger partial charge in [0.2, 0.25) is 5.91 Å². The molecule has 2 N–H and O–H groups in total. The normalized spacial score (nSPS) is 10.7. The van der Waals surface area contributed by atoms with E-state index in [2.05, 4.69) is 25.8 Å². The third kappa shape index (κ3) is 4.81. The molecule has 0 bridgehead atoms. The van der Waals surface area contributed by atoms with Crippen molar-refractivity contribution < 1.29 is 9.59 Å². The quantitative estimate of drug-likeness (QED) is 0.436. The van der Waals surface area contributed by atoms with Crippen molar-refractivity contribution >= 4 is 56.5 Å². The molecule has 0 saturated heterocycles. The summed E-state index contributed by atoms with van der Waals surface area (Å²) in [5, 5.41) is 13.1. The molecule has 0 fully saturated rings. The number of hydrogen-bond donors (Lipinski definition) is 2. The molecule has 0 spiro atoms. The van der Waals surface area contributed by atoms with E-state index < -0.39 is 0 Å². The first-order valence-corrected chi connectivity index (χ1v) is 10.9. The van der Waals surface area contributed by atoms with Gasteiger partial charge in [0.15, 0.2) is 4.34 Å². The van der Waals surface area contributed by atoms with Gasteiger partial charge in [0.05, 0.1) is 34.1 Å². The third-order valence-corrected chi connectivity index (χ3v) is 6.37. The number of carbonyl (C=O) groups is 2. The average molecular weight is 436 g/mol. The van der Waals surface area contributed by atoms with Gasteiger partial charge in [-0.05, 0) is 42.8 Å². The summed E-state index contributed by atoms with van der Waals surface area (Å²) in [6.07, 6.45) is 3.01. The Morgan fingerprint density at radius 1 is 1.03 bits per heavy atom. The Hall–Kier alpha value is -3.30. The maximum absolute atomic E-state index is 12.5. The van der Waals surface area contributed by atoms with Crippen LogP contribution < -0.4 is 10.6 Å². The lowest BCUT2D eigenvalue weighted by Crippen LogP contribution is -2.14. The number of aromatic nitrogens is 3. The maximum atomic E-state index is 12.5. The number of thioether (sulfide) groups is 1. The van der Waals surface area contributed by atoms with Crippen LogP contribution in [0.25, 0.3) is 10.2 Å². The van der Waals surface area contributed by atoms with E-state index in [9.17, 15) is 9.59 Å². The van der Waals surface area contributed by atoms with Crippen LogP contribution >= 0.6 is 23.1 Å². The Morgan fingerprint density at radius 3 is 2.70 bits per heavy atom. The maximum Gasteiger partial charge on any atom is 0.255 e. The minimum atomic E-state index is -0.145. The van der Waals surface area contributed by atoms with Crippen LogP contribution in [-0.2, 0) is 4.79 Å². The van der Waals surface area contributed by atoms with Crippen molar-refractivity contribution in [1.29, 1.82) is 0 Å². The summed E-state index contributed by atoms with van der Waals surface area (Å²) in [5.74, 6) is -0.0498. The number of hydrogen-bond acceptors (Lipinski definition) is 7. The van der Waals surface area contributed by atoms with E-state index in [1.165, 1.54) is 35.5 Å². The van der Waals surface area contributed by atoms with Crippen molar-refractivity contribution in [3.63, 3.8) is 0 Å². The number of nitrogens with one attached hydrogen (secondary N) is 2. The van der Waals surface area contributed by atoms with Crippen LogP contribution in [0.2, 0.25) is 0 Å². The topological polar surface area (TPSA) is 96.9 Å². The minimum Gasteiger partial charge on any atom is -0.324 e. The summed E-state index contributed by atoms with van der Waals surface area (Å²) < 4.78 is 1.73. The summed E-state index contributed by atoms with van der Waals surface area (Å²) in [5.41, 5.74) is 3.71. The fourth-order valence-corrected chi connectivity index (χ4v) is 4.67. The summed E-state index contributed by atoms with van der Waals surface area (Å²) in [7, 11) is 0. The van der Waals surface area contributed by atoms with E-state index in [4.69, 9.17) is 0 Å². The molecule has 0 aliphatic rings. The summed E-state index contributed by atoms with van der Waals surface area (Å²) >= 11 is 2.85. The molecule has 30 heavy (non-hydrogen) atoms. The number of anilines is 2. The van der Waals surface area contributed by atoms with E-state index in [1.807, 2.05) is 43.3 Å². The second-order valence-corrected chi connectivity index (χ2v) is 8.65. The molecule has 2 aromatic heterocycles. The van der Waals surface area contributed by atoms with Crippen molar-refractivity contribution in [2.24, 2.45) is 0 Å².